The SMILES string of the molecule is C=CCCC(=CC(=O)OCC)CCC=C(C)CCC=C(C)C. The standard InChI is InChI=1S/C20H32O2/c1-6-8-14-19(16-20(21)22-7-2)15-10-13-18(5)12-9-11-17(3)4/h6,11,13,16H,1,7-10,12,14-15H2,2-5H3. The van der Waals surface area contributed by atoms with Gasteiger partial charge in [0.05, 0.1) is 6.61 Å². The maximum atomic E-state index is 11.6. The Balaban J connectivity index is 4.39. The fraction of sp³-hybridized carbons (Fsp3) is 0.550. The van der Waals surface area contributed by atoms with Gasteiger partial charge >= 0.3 is 5.97 Å². The van der Waals surface area contributed by atoms with Gasteiger partial charge in [0.2, 0.25) is 0 Å². The van der Waals surface area contributed by atoms with Gasteiger partial charge in [0.1, 0.15) is 0 Å². The lowest BCUT2D eigenvalue weighted by atomic mass is 10.0. The fourth-order valence-corrected chi connectivity index (χ4v) is 2.10. The number of esters is 1. The molecule has 0 atom stereocenters. The van der Waals surface area contributed by atoms with Crippen molar-refractivity contribution in [2.24, 2.45) is 0 Å². The summed E-state index contributed by atoms with van der Waals surface area (Å²) >= 11 is 0. The highest BCUT2D eigenvalue weighted by atomic mass is 16.5. The van der Waals surface area contributed by atoms with Crippen molar-refractivity contribution in [1.82, 2.24) is 0 Å². The van der Waals surface area contributed by atoms with Gasteiger partial charge in [0.25, 0.3) is 0 Å². The predicted octanol–water partition coefficient (Wildman–Crippen LogP) is 5.92. The molecule has 0 aliphatic heterocycles. The van der Waals surface area contributed by atoms with Gasteiger partial charge in [-0.15, -0.1) is 6.58 Å². The zero-order valence-corrected chi connectivity index (χ0v) is 14.8. The Morgan fingerprint density at radius 2 is 1.64 bits per heavy atom. The number of carbonyl (C=O) groups is 1. The van der Waals surface area contributed by atoms with Crippen LogP contribution < -0.4 is 0 Å². The quantitative estimate of drug-likeness (QED) is 0.269. The van der Waals surface area contributed by atoms with Gasteiger partial charge in [-0.25, -0.2) is 4.79 Å². The summed E-state index contributed by atoms with van der Waals surface area (Å²) < 4.78 is 4.99. The predicted molar refractivity (Wildman–Crippen MR) is 95.8 cm³/mol. The molecule has 124 valence electrons. The van der Waals surface area contributed by atoms with Crippen molar-refractivity contribution in [3.8, 4) is 0 Å². The van der Waals surface area contributed by atoms with Crippen molar-refractivity contribution < 1.29 is 9.53 Å². The Morgan fingerprint density at radius 1 is 1.00 bits per heavy atom. The number of rotatable bonds is 11. The zero-order chi connectivity index (χ0) is 16.8. The lowest BCUT2D eigenvalue weighted by Crippen LogP contribution is -2.01. The summed E-state index contributed by atoms with van der Waals surface area (Å²) in [5, 5.41) is 0. The monoisotopic (exact) mass is 304 g/mol. The third-order valence-electron chi connectivity index (χ3n) is 3.33. The molecule has 0 N–H and O–H groups in total. The van der Waals surface area contributed by atoms with E-state index in [1.54, 1.807) is 6.08 Å². The summed E-state index contributed by atoms with van der Waals surface area (Å²) in [4.78, 5) is 11.6. The highest BCUT2D eigenvalue weighted by Gasteiger charge is 2.02. The molecule has 0 aliphatic carbocycles. The minimum absolute atomic E-state index is 0.231. The molecule has 0 heterocycles. The summed E-state index contributed by atoms with van der Waals surface area (Å²) in [6.07, 6.45) is 14.0. The molecule has 0 bridgehead atoms. The Kier molecular flexibility index (Phi) is 12.2. The highest BCUT2D eigenvalue weighted by Crippen LogP contribution is 2.16. The Bertz CT molecular complexity index is 421. The van der Waals surface area contributed by atoms with Crippen molar-refractivity contribution in [3.05, 3.63) is 47.6 Å². The molecule has 0 fully saturated rings. The molecule has 0 rings (SSSR count). The van der Waals surface area contributed by atoms with E-state index < -0.39 is 0 Å². The molecule has 0 unspecified atom stereocenters. The van der Waals surface area contributed by atoms with Crippen LogP contribution in [0.2, 0.25) is 0 Å². The number of hydrogen-bond acceptors (Lipinski definition) is 2. The molecule has 0 spiro atoms. The average Bonchev–Trinajstić information content (AvgIpc) is 2.44. The Hall–Kier alpha value is -1.57. The molecule has 22 heavy (non-hydrogen) atoms. The number of hydrogen-bond donors (Lipinski definition) is 0. The molecule has 2 heteroatoms. The largest absolute Gasteiger partial charge is 0.463 e. The maximum Gasteiger partial charge on any atom is 0.330 e. The van der Waals surface area contributed by atoms with E-state index in [1.165, 1.54) is 11.1 Å². The molecule has 0 aromatic rings. The van der Waals surface area contributed by atoms with E-state index in [2.05, 4.69) is 39.5 Å². The smallest absolute Gasteiger partial charge is 0.330 e. The lowest BCUT2D eigenvalue weighted by molar-refractivity contribution is -0.137. The topological polar surface area (TPSA) is 26.3 Å². The van der Waals surface area contributed by atoms with Crippen LogP contribution in [0, 0.1) is 0 Å². The van der Waals surface area contributed by atoms with Gasteiger partial charge in [0, 0.05) is 6.08 Å². The Morgan fingerprint density at radius 3 is 2.23 bits per heavy atom. The van der Waals surface area contributed by atoms with E-state index in [0.29, 0.717) is 6.61 Å². The third kappa shape index (κ3) is 12.2. The van der Waals surface area contributed by atoms with Crippen LogP contribution >= 0.6 is 0 Å². The molecular formula is C20H32O2. The summed E-state index contributed by atoms with van der Waals surface area (Å²) in [5.74, 6) is -0.231. The van der Waals surface area contributed by atoms with Crippen molar-refractivity contribution in [2.75, 3.05) is 6.61 Å². The minimum atomic E-state index is -0.231. The third-order valence-corrected chi connectivity index (χ3v) is 3.33. The normalized spacial score (nSPS) is 12.0. The van der Waals surface area contributed by atoms with Gasteiger partial charge in [0.15, 0.2) is 0 Å². The van der Waals surface area contributed by atoms with Crippen LogP contribution in [0.3, 0.4) is 0 Å². The van der Waals surface area contributed by atoms with Crippen LogP contribution in [-0.2, 0) is 9.53 Å². The molecule has 2 nitrogen and oxygen atoms in total. The van der Waals surface area contributed by atoms with Crippen molar-refractivity contribution in [2.45, 2.75) is 66.2 Å². The Labute approximate surface area is 136 Å². The van der Waals surface area contributed by atoms with Gasteiger partial charge < -0.3 is 4.74 Å². The van der Waals surface area contributed by atoms with Crippen LogP contribution in [0.5, 0.6) is 0 Å². The zero-order valence-electron chi connectivity index (χ0n) is 14.8. The number of ether oxygens (including phenoxy) is 1. The first-order valence-corrected chi connectivity index (χ1v) is 8.25. The van der Waals surface area contributed by atoms with E-state index in [1.807, 2.05) is 13.0 Å². The van der Waals surface area contributed by atoms with E-state index >= 15 is 0 Å². The average molecular weight is 304 g/mol. The van der Waals surface area contributed by atoms with Gasteiger partial charge in [-0.05, 0) is 66.2 Å². The molecule has 0 amide bonds. The van der Waals surface area contributed by atoms with Crippen LogP contribution in [0.25, 0.3) is 0 Å². The second-order valence-electron chi connectivity index (χ2n) is 5.79. The number of allylic oxidation sites excluding steroid dienone is 6. The fourth-order valence-electron chi connectivity index (χ4n) is 2.10. The molecule has 0 aromatic carbocycles. The molecule has 0 saturated carbocycles. The number of carbonyl (C=O) groups excluding carboxylic acids is 1. The molecule has 0 aliphatic rings. The van der Waals surface area contributed by atoms with Gasteiger partial charge in [-0.3, -0.25) is 0 Å². The van der Waals surface area contributed by atoms with Gasteiger partial charge in [-0.1, -0.05) is 34.9 Å². The van der Waals surface area contributed by atoms with Gasteiger partial charge in [-0.2, -0.15) is 0 Å². The first-order valence-electron chi connectivity index (χ1n) is 8.25. The lowest BCUT2D eigenvalue weighted by Gasteiger charge is -2.06. The minimum Gasteiger partial charge on any atom is -0.463 e. The second-order valence-corrected chi connectivity index (χ2v) is 5.79. The van der Waals surface area contributed by atoms with Crippen molar-refractivity contribution in [1.29, 1.82) is 0 Å². The van der Waals surface area contributed by atoms with Crippen LogP contribution in [-0.4, -0.2) is 12.6 Å². The van der Waals surface area contributed by atoms with E-state index in [-0.39, 0.29) is 5.97 Å². The van der Waals surface area contributed by atoms with E-state index in [9.17, 15) is 4.79 Å². The first kappa shape index (κ1) is 20.4. The maximum absolute atomic E-state index is 11.6. The second kappa shape index (κ2) is 13.1. The summed E-state index contributed by atoms with van der Waals surface area (Å²) in [6, 6.07) is 0. The summed E-state index contributed by atoms with van der Waals surface area (Å²) in [6.45, 7) is 12.4. The molecule has 0 radical (unpaired) electrons. The van der Waals surface area contributed by atoms with Crippen LogP contribution in [0.1, 0.15) is 66.2 Å². The van der Waals surface area contributed by atoms with Crippen molar-refractivity contribution >= 4 is 5.97 Å². The summed E-state index contributed by atoms with van der Waals surface area (Å²) in [5.41, 5.74) is 3.93. The highest BCUT2D eigenvalue weighted by molar-refractivity contribution is 5.82. The molecule has 0 aromatic heterocycles. The van der Waals surface area contributed by atoms with Crippen LogP contribution in [0.4, 0.5) is 0 Å². The van der Waals surface area contributed by atoms with E-state index in [0.717, 1.165) is 44.1 Å². The molecular weight excluding hydrogens is 272 g/mol. The van der Waals surface area contributed by atoms with Crippen molar-refractivity contribution in [3.63, 3.8) is 0 Å². The first-order chi connectivity index (χ1) is 10.5. The van der Waals surface area contributed by atoms with E-state index in [4.69, 9.17) is 4.74 Å². The molecule has 0 saturated heterocycles. The summed E-state index contributed by atoms with van der Waals surface area (Å²) in [7, 11) is 0. The van der Waals surface area contributed by atoms with Crippen LogP contribution in [0.15, 0.2) is 47.6 Å².